The molecular weight excluding hydrogens is 533 g/mol. The van der Waals surface area contributed by atoms with Gasteiger partial charge < -0.3 is 26.0 Å². The van der Waals surface area contributed by atoms with Crippen LogP contribution in [0.5, 0.6) is 0 Å². The van der Waals surface area contributed by atoms with Crippen molar-refractivity contribution in [2.75, 3.05) is 24.2 Å². The van der Waals surface area contributed by atoms with E-state index in [9.17, 15) is 20.0 Å². The van der Waals surface area contributed by atoms with Crippen molar-refractivity contribution in [1.82, 2.24) is 10.2 Å². The molecule has 2 aliphatic rings. The zero-order valence-electron chi connectivity index (χ0n) is 23.9. The SMILES string of the molecule is CNC(CCC1CC1)(c1ccc(C#N)cc1)c1ccc(F)c(NC(=O)[C@H]2C[C@@H](O)CN2C(=O)Nc2ccc(C)cc2)c1. The van der Waals surface area contributed by atoms with Crippen LogP contribution in [-0.2, 0) is 10.3 Å². The summed E-state index contributed by atoms with van der Waals surface area (Å²) < 4.78 is 15.2. The largest absolute Gasteiger partial charge is 0.391 e. The van der Waals surface area contributed by atoms with Crippen LogP contribution >= 0.6 is 0 Å². The summed E-state index contributed by atoms with van der Waals surface area (Å²) >= 11 is 0. The van der Waals surface area contributed by atoms with Crippen LogP contribution in [0.25, 0.3) is 0 Å². The Bertz CT molecular complexity index is 1480. The topological polar surface area (TPSA) is 117 Å². The van der Waals surface area contributed by atoms with Crippen molar-refractivity contribution in [2.24, 2.45) is 5.92 Å². The zero-order valence-corrected chi connectivity index (χ0v) is 23.9. The number of halogens is 1. The van der Waals surface area contributed by atoms with Gasteiger partial charge in [-0.25, -0.2) is 9.18 Å². The molecule has 0 radical (unpaired) electrons. The van der Waals surface area contributed by atoms with Gasteiger partial charge >= 0.3 is 6.03 Å². The van der Waals surface area contributed by atoms with E-state index in [0.717, 1.165) is 29.5 Å². The molecule has 1 aliphatic carbocycles. The number of carbonyl (C=O) groups is 2. The van der Waals surface area contributed by atoms with E-state index in [1.807, 2.05) is 38.2 Å². The minimum absolute atomic E-state index is 0.00234. The smallest absolute Gasteiger partial charge is 0.322 e. The van der Waals surface area contributed by atoms with Gasteiger partial charge in [0.05, 0.1) is 29.0 Å². The summed E-state index contributed by atoms with van der Waals surface area (Å²) in [5, 5.41) is 28.6. The highest BCUT2D eigenvalue weighted by molar-refractivity contribution is 5.99. The van der Waals surface area contributed by atoms with Gasteiger partial charge in [0.1, 0.15) is 11.9 Å². The van der Waals surface area contributed by atoms with Crippen LogP contribution in [0.4, 0.5) is 20.6 Å². The van der Waals surface area contributed by atoms with Gasteiger partial charge in [0.2, 0.25) is 5.91 Å². The number of rotatable bonds is 9. The van der Waals surface area contributed by atoms with Crippen LogP contribution < -0.4 is 16.0 Å². The van der Waals surface area contributed by atoms with Gasteiger partial charge in [0, 0.05) is 18.7 Å². The van der Waals surface area contributed by atoms with Crippen LogP contribution in [-0.4, -0.2) is 47.7 Å². The number of benzene rings is 3. The first-order chi connectivity index (χ1) is 20.2. The zero-order chi connectivity index (χ0) is 29.9. The average molecular weight is 570 g/mol. The highest BCUT2D eigenvalue weighted by Crippen LogP contribution is 2.42. The van der Waals surface area contributed by atoms with Gasteiger partial charge in [0.15, 0.2) is 0 Å². The average Bonchev–Trinajstić information content (AvgIpc) is 3.74. The monoisotopic (exact) mass is 569 g/mol. The molecule has 1 aliphatic heterocycles. The summed E-state index contributed by atoms with van der Waals surface area (Å²) in [4.78, 5) is 27.8. The summed E-state index contributed by atoms with van der Waals surface area (Å²) in [5.41, 5.74) is 3.19. The van der Waals surface area contributed by atoms with Crippen LogP contribution in [0.1, 0.15) is 54.4 Å². The summed E-state index contributed by atoms with van der Waals surface area (Å²) in [5.74, 6) is -0.525. The molecule has 0 aromatic heterocycles. The second-order valence-corrected chi connectivity index (χ2v) is 11.4. The quantitative estimate of drug-likeness (QED) is 0.280. The Kier molecular flexibility index (Phi) is 8.57. The van der Waals surface area contributed by atoms with Crippen molar-refractivity contribution in [3.05, 3.63) is 94.8 Å². The number of carbonyl (C=O) groups excluding carboxylic acids is 2. The summed E-state index contributed by atoms with van der Waals surface area (Å²) in [7, 11) is 1.86. The third-order valence-corrected chi connectivity index (χ3v) is 8.42. The summed E-state index contributed by atoms with van der Waals surface area (Å²) in [6, 6.07) is 20.0. The van der Waals surface area contributed by atoms with Gasteiger partial charge in [0.25, 0.3) is 0 Å². The van der Waals surface area contributed by atoms with Crippen molar-refractivity contribution >= 4 is 23.3 Å². The number of β-amino-alcohol motifs (C(OH)–C–C–N with tert-alkyl or cyclic N) is 1. The first-order valence-electron chi connectivity index (χ1n) is 14.3. The number of urea groups is 1. The van der Waals surface area contributed by atoms with Gasteiger partial charge in [-0.15, -0.1) is 0 Å². The third-order valence-electron chi connectivity index (χ3n) is 8.42. The standard InChI is InChI=1S/C33H36FN5O3/c1-21-3-12-26(13-4-21)37-32(42)39-20-27(40)18-30(39)31(41)38-29-17-25(11-14-28(29)34)33(36-2,16-15-22-5-6-22)24-9-7-23(19-35)8-10-24/h3-4,7-14,17,22,27,30,36,40H,5-6,15-16,18,20H2,1-2H3,(H,37,42)(H,38,41)/t27-,30-,33?/m1/s1. The fourth-order valence-corrected chi connectivity index (χ4v) is 5.75. The Morgan fingerprint density at radius 1 is 1.05 bits per heavy atom. The van der Waals surface area contributed by atoms with Crippen molar-refractivity contribution in [3.63, 3.8) is 0 Å². The molecule has 218 valence electrons. The highest BCUT2D eigenvalue weighted by Gasteiger charge is 2.40. The predicted octanol–water partition coefficient (Wildman–Crippen LogP) is 5.26. The molecule has 42 heavy (non-hydrogen) atoms. The van der Waals surface area contributed by atoms with Crippen molar-refractivity contribution in [1.29, 1.82) is 5.26 Å². The van der Waals surface area contributed by atoms with E-state index in [1.165, 1.54) is 23.8 Å². The Balaban J connectivity index is 1.40. The molecule has 0 spiro atoms. The molecule has 0 bridgehead atoms. The molecule has 3 atom stereocenters. The number of nitriles is 1. The van der Waals surface area contributed by atoms with E-state index >= 15 is 4.39 Å². The number of likely N-dealkylation sites (tertiary alicyclic amines) is 1. The van der Waals surface area contributed by atoms with E-state index in [0.29, 0.717) is 17.2 Å². The Morgan fingerprint density at radius 3 is 2.38 bits per heavy atom. The van der Waals surface area contributed by atoms with Crippen molar-refractivity contribution in [2.45, 2.75) is 56.7 Å². The first-order valence-corrected chi connectivity index (χ1v) is 14.3. The number of hydrogen-bond acceptors (Lipinski definition) is 5. The molecule has 4 N–H and O–H groups in total. The number of amides is 3. The second kappa shape index (κ2) is 12.3. The number of aliphatic hydroxyl groups is 1. The van der Waals surface area contributed by atoms with Crippen LogP contribution in [0.15, 0.2) is 66.7 Å². The molecule has 8 nitrogen and oxygen atoms in total. The number of hydrogen-bond donors (Lipinski definition) is 4. The molecule has 1 unspecified atom stereocenters. The molecule has 3 amide bonds. The van der Waals surface area contributed by atoms with Gasteiger partial charge in [-0.2, -0.15) is 5.26 Å². The van der Waals surface area contributed by atoms with Gasteiger partial charge in [-0.1, -0.05) is 48.7 Å². The van der Waals surface area contributed by atoms with Crippen molar-refractivity contribution in [3.8, 4) is 6.07 Å². The molecule has 3 aromatic carbocycles. The lowest BCUT2D eigenvalue weighted by Gasteiger charge is -2.36. The number of aryl methyl sites for hydroxylation is 1. The predicted molar refractivity (Wildman–Crippen MR) is 159 cm³/mol. The lowest BCUT2D eigenvalue weighted by atomic mass is 9.78. The van der Waals surface area contributed by atoms with E-state index < -0.39 is 35.4 Å². The molecule has 1 heterocycles. The van der Waals surface area contributed by atoms with E-state index in [4.69, 9.17) is 0 Å². The maximum atomic E-state index is 15.2. The molecule has 1 saturated carbocycles. The highest BCUT2D eigenvalue weighted by atomic mass is 19.1. The molecular formula is C33H36FN5O3. The number of aliphatic hydroxyl groups excluding tert-OH is 1. The van der Waals surface area contributed by atoms with Crippen LogP contribution in [0.2, 0.25) is 0 Å². The Morgan fingerprint density at radius 2 is 1.74 bits per heavy atom. The first kappa shape index (κ1) is 29.2. The van der Waals surface area contributed by atoms with Crippen LogP contribution in [0.3, 0.4) is 0 Å². The van der Waals surface area contributed by atoms with E-state index in [1.54, 1.807) is 36.4 Å². The maximum absolute atomic E-state index is 15.2. The minimum atomic E-state index is -0.976. The third kappa shape index (κ3) is 6.30. The lowest BCUT2D eigenvalue weighted by molar-refractivity contribution is -0.119. The fourth-order valence-electron chi connectivity index (χ4n) is 5.75. The van der Waals surface area contributed by atoms with Gasteiger partial charge in [-0.05, 0) is 80.3 Å². The molecule has 9 heteroatoms. The lowest BCUT2D eigenvalue weighted by Crippen LogP contribution is -2.45. The normalized spacial score (nSPS) is 19.5. The maximum Gasteiger partial charge on any atom is 0.322 e. The van der Waals surface area contributed by atoms with Gasteiger partial charge in [-0.3, -0.25) is 4.79 Å². The molecule has 2 fully saturated rings. The van der Waals surface area contributed by atoms with Crippen molar-refractivity contribution < 1.29 is 19.1 Å². The Labute approximate surface area is 245 Å². The fraction of sp³-hybridized carbons (Fsp3) is 0.364. The number of anilines is 2. The minimum Gasteiger partial charge on any atom is -0.391 e. The summed E-state index contributed by atoms with van der Waals surface area (Å²) in [6.45, 7) is 1.93. The number of nitrogens with zero attached hydrogens (tertiary/aromatic N) is 2. The molecule has 3 aromatic rings. The molecule has 1 saturated heterocycles. The second-order valence-electron chi connectivity index (χ2n) is 11.4. The molecule has 5 rings (SSSR count). The summed E-state index contributed by atoms with van der Waals surface area (Å²) in [6.07, 6.45) is 3.28. The van der Waals surface area contributed by atoms with E-state index in [2.05, 4.69) is 22.0 Å². The van der Waals surface area contributed by atoms with Crippen LogP contribution in [0, 0.1) is 30.0 Å². The van der Waals surface area contributed by atoms with E-state index in [-0.39, 0.29) is 18.7 Å². The Hall–Kier alpha value is -4.26. The number of nitrogens with one attached hydrogen (secondary N) is 3.